The van der Waals surface area contributed by atoms with Crippen LogP contribution in [0.2, 0.25) is 0 Å². The number of hydrogen-bond donors (Lipinski definition) is 6. The summed E-state index contributed by atoms with van der Waals surface area (Å²) < 4.78 is 5.07. The topological polar surface area (TPSA) is 183 Å². The first-order chi connectivity index (χ1) is 16.5. The fourth-order valence-corrected chi connectivity index (χ4v) is 2.80. The molecule has 1 unspecified atom stereocenters. The van der Waals surface area contributed by atoms with Gasteiger partial charge >= 0.3 is 12.1 Å². The maximum absolute atomic E-state index is 12.2. The van der Waals surface area contributed by atoms with E-state index in [1.807, 2.05) is 30.3 Å². The second-order valence-corrected chi connectivity index (χ2v) is 8.60. The Morgan fingerprint density at radius 1 is 0.971 bits per heavy atom. The molecule has 0 fully saturated rings. The zero-order valence-electron chi connectivity index (χ0n) is 19.9. The van der Waals surface area contributed by atoms with Crippen molar-refractivity contribution in [2.24, 2.45) is 10.2 Å². The van der Waals surface area contributed by atoms with Gasteiger partial charge in [0.25, 0.3) is 11.8 Å². The average Bonchev–Trinajstić information content (AvgIpc) is 2.81. The number of nitrogens with zero attached hydrogens (tertiary/aromatic N) is 2. The highest BCUT2D eigenvalue weighted by molar-refractivity contribution is 6.42. The van der Waals surface area contributed by atoms with Crippen molar-refractivity contribution in [2.75, 3.05) is 6.54 Å². The molecule has 1 aliphatic rings. The first-order valence-electron chi connectivity index (χ1n) is 11.0. The van der Waals surface area contributed by atoms with Gasteiger partial charge in [0, 0.05) is 13.1 Å². The highest BCUT2D eigenvalue weighted by Gasteiger charge is 2.24. The van der Waals surface area contributed by atoms with Gasteiger partial charge in [-0.3, -0.25) is 20.4 Å². The number of alkyl carbamates (subject to hydrolysis) is 1. The van der Waals surface area contributed by atoms with E-state index >= 15 is 0 Å². The van der Waals surface area contributed by atoms with Crippen LogP contribution in [0.4, 0.5) is 4.79 Å². The summed E-state index contributed by atoms with van der Waals surface area (Å²) in [5, 5.41) is 24.5. The maximum atomic E-state index is 12.2. The number of carbonyl (C=O) groups excluding carboxylic acids is 3. The summed E-state index contributed by atoms with van der Waals surface area (Å²) in [4.78, 5) is 47.5. The van der Waals surface area contributed by atoms with E-state index in [2.05, 4.69) is 37.0 Å². The Labute approximate surface area is 202 Å². The van der Waals surface area contributed by atoms with Gasteiger partial charge in [0.05, 0.1) is 0 Å². The Kier molecular flexibility index (Phi) is 9.99. The summed E-state index contributed by atoms with van der Waals surface area (Å²) in [6.07, 6.45) is 0.245. The summed E-state index contributed by atoms with van der Waals surface area (Å²) in [7, 11) is 0. The van der Waals surface area contributed by atoms with Crippen molar-refractivity contribution < 1.29 is 29.0 Å². The molecule has 0 aliphatic carbocycles. The van der Waals surface area contributed by atoms with Crippen molar-refractivity contribution in [1.82, 2.24) is 26.8 Å². The molecule has 1 aliphatic heterocycles. The molecule has 3 amide bonds. The van der Waals surface area contributed by atoms with E-state index in [0.717, 1.165) is 5.56 Å². The van der Waals surface area contributed by atoms with E-state index in [0.29, 0.717) is 19.4 Å². The van der Waals surface area contributed by atoms with Gasteiger partial charge in [0.1, 0.15) is 11.6 Å². The fourth-order valence-electron chi connectivity index (χ4n) is 2.80. The number of hydrazone groups is 2. The molecule has 13 heteroatoms. The van der Waals surface area contributed by atoms with E-state index in [4.69, 9.17) is 4.74 Å². The number of nitrogens with one attached hydrogen (secondary N) is 5. The van der Waals surface area contributed by atoms with Crippen molar-refractivity contribution in [2.45, 2.75) is 58.2 Å². The second kappa shape index (κ2) is 12.9. The van der Waals surface area contributed by atoms with Gasteiger partial charge in [0.2, 0.25) is 11.7 Å². The van der Waals surface area contributed by atoms with Gasteiger partial charge in [-0.25, -0.2) is 9.59 Å². The molecule has 2 rings (SSSR count). The maximum Gasteiger partial charge on any atom is 0.408 e. The molecule has 6 N–H and O–H groups in total. The molecule has 1 aromatic rings. The Bertz CT molecular complexity index is 972. The Morgan fingerprint density at radius 3 is 2.11 bits per heavy atom. The Hall–Kier alpha value is -4.16. The first-order valence-corrected chi connectivity index (χ1v) is 11.0. The molecule has 1 atom stereocenters. The van der Waals surface area contributed by atoms with Crippen LogP contribution in [0.1, 0.15) is 45.6 Å². The minimum atomic E-state index is -1.17. The van der Waals surface area contributed by atoms with E-state index < -0.39 is 35.5 Å². The first kappa shape index (κ1) is 27.1. The molecule has 35 heavy (non-hydrogen) atoms. The SMILES string of the molecule is CC(C)(C)OC(=O)NC(CCCCNC(=O)C1=NNC(C(=O)NCc2ccccc2)=NN1)C(=O)O. The normalized spacial score (nSPS) is 13.7. The van der Waals surface area contributed by atoms with Gasteiger partial charge in [-0.1, -0.05) is 30.3 Å². The average molecular weight is 490 g/mol. The molecule has 0 bridgehead atoms. The molecule has 0 aromatic heterocycles. The van der Waals surface area contributed by atoms with Gasteiger partial charge < -0.3 is 25.8 Å². The van der Waals surface area contributed by atoms with Gasteiger partial charge in [-0.05, 0) is 45.6 Å². The molecular formula is C22H31N7O6. The third-order valence-corrected chi connectivity index (χ3v) is 4.47. The lowest BCUT2D eigenvalue weighted by Crippen LogP contribution is -2.47. The van der Waals surface area contributed by atoms with E-state index in [9.17, 15) is 24.3 Å². The second-order valence-electron chi connectivity index (χ2n) is 8.60. The van der Waals surface area contributed by atoms with Crippen LogP contribution in [0.3, 0.4) is 0 Å². The van der Waals surface area contributed by atoms with E-state index in [1.54, 1.807) is 20.8 Å². The van der Waals surface area contributed by atoms with E-state index in [1.165, 1.54) is 0 Å². The quantitative estimate of drug-likeness (QED) is 0.241. The van der Waals surface area contributed by atoms with Crippen molar-refractivity contribution >= 4 is 35.5 Å². The molecule has 13 nitrogen and oxygen atoms in total. The molecular weight excluding hydrogens is 458 g/mol. The number of unbranched alkanes of at least 4 members (excludes halogenated alkanes) is 1. The van der Waals surface area contributed by atoms with Gasteiger partial charge in [-0.15, -0.1) is 10.2 Å². The largest absolute Gasteiger partial charge is 0.480 e. The fraction of sp³-hybridized carbons (Fsp3) is 0.455. The van der Waals surface area contributed by atoms with Crippen molar-refractivity contribution in [3.8, 4) is 0 Å². The van der Waals surface area contributed by atoms with Gasteiger partial charge in [0.15, 0.2) is 0 Å². The van der Waals surface area contributed by atoms with Crippen LogP contribution in [0.5, 0.6) is 0 Å². The third kappa shape index (κ3) is 10.1. The summed E-state index contributed by atoms with van der Waals surface area (Å²) in [5.41, 5.74) is 5.04. The number of carbonyl (C=O) groups is 4. The number of rotatable bonds is 11. The monoisotopic (exact) mass is 489 g/mol. The van der Waals surface area contributed by atoms with Crippen molar-refractivity contribution in [1.29, 1.82) is 0 Å². The molecule has 1 aromatic carbocycles. The molecule has 0 radical (unpaired) electrons. The van der Waals surface area contributed by atoms with Crippen molar-refractivity contribution in [3.05, 3.63) is 35.9 Å². The number of carboxylic acid groups (broad SMARTS) is 1. The lowest BCUT2D eigenvalue weighted by Gasteiger charge is -2.22. The van der Waals surface area contributed by atoms with E-state index in [-0.39, 0.29) is 24.6 Å². The lowest BCUT2D eigenvalue weighted by atomic mass is 10.1. The number of carboxylic acids is 1. The zero-order valence-corrected chi connectivity index (χ0v) is 19.9. The molecule has 0 saturated carbocycles. The standard InChI is InChI=1S/C22H31N7O6/c1-22(2,3)35-21(34)25-15(20(32)33)11-7-8-12-23-18(30)16-26-28-17(29-27-16)19(31)24-13-14-9-5-4-6-10-14/h4-6,9-10,15H,7-8,11-13H2,1-3H3,(H,23,30)(H,24,31)(H,25,34)(H,26,27)(H,28,29)(H,32,33). The van der Waals surface area contributed by atoms with Crippen LogP contribution in [-0.4, -0.2) is 58.8 Å². The van der Waals surface area contributed by atoms with Crippen LogP contribution in [-0.2, 0) is 25.7 Å². The highest BCUT2D eigenvalue weighted by Crippen LogP contribution is 2.08. The summed E-state index contributed by atoms with van der Waals surface area (Å²) >= 11 is 0. The molecule has 1 heterocycles. The van der Waals surface area contributed by atoms with Crippen LogP contribution in [0.25, 0.3) is 0 Å². The number of amides is 3. The number of benzene rings is 1. The number of hydrogen-bond acceptors (Lipinski definition) is 9. The lowest BCUT2D eigenvalue weighted by molar-refractivity contribution is -0.139. The molecule has 0 spiro atoms. The zero-order chi connectivity index (χ0) is 25.8. The number of amidine groups is 2. The number of ether oxygens (including phenoxy) is 1. The highest BCUT2D eigenvalue weighted by atomic mass is 16.6. The predicted octanol–water partition coefficient (Wildman–Crippen LogP) is 0.387. The minimum Gasteiger partial charge on any atom is -0.480 e. The minimum absolute atomic E-state index is 0.0883. The summed E-state index contributed by atoms with van der Waals surface area (Å²) in [6.45, 7) is 5.59. The van der Waals surface area contributed by atoms with Crippen LogP contribution >= 0.6 is 0 Å². The molecule has 0 saturated heterocycles. The van der Waals surface area contributed by atoms with Crippen LogP contribution in [0, 0.1) is 0 Å². The third-order valence-electron chi connectivity index (χ3n) is 4.47. The Balaban J connectivity index is 1.66. The van der Waals surface area contributed by atoms with Crippen LogP contribution in [0.15, 0.2) is 40.5 Å². The summed E-state index contributed by atoms with van der Waals surface area (Å²) in [5.74, 6) is -2.42. The Morgan fingerprint density at radius 2 is 1.57 bits per heavy atom. The smallest absolute Gasteiger partial charge is 0.408 e. The van der Waals surface area contributed by atoms with Gasteiger partial charge in [-0.2, -0.15) is 0 Å². The molecule has 190 valence electrons. The van der Waals surface area contributed by atoms with Crippen molar-refractivity contribution in [3.63, 3.8) is 0 Å². The summed E-state index contributed by atoms with van der Waals surface area (Å²) in [6, 6.07) is 8.23. The number of aliphatic carboxylic acids is 1. The predicted molar refractivity (Wildman–Crippen MR) is 127 cm³/mol. The van der Waals surface area contributed by atoms with Crippen LogP contribution < -0.4 is 26.8 Å².